The van der Waals surface area contributed by atoms with Crippen LogP contribution in [0.1, 0.15) is 34.6 Å². The topological polar surface area (TPSA) is 92.0 Å². The molecule has 0 amide bonds. The lowest BCUT2D eigenvalue weighted by Crippen LogP contribution is -2.54. The minimum atomic E-state index is -1.60. The molecule has 0 saturated carbocycles. The van der Waals surface area contributed by atoms with Crippen LogP contribution in [0.5, 0.6) is 23.0 Å². The third-order valence-corrected chi connectivity index (χ3v) is 7.24. The van der Waals surface area contributed by atoms with E-state index in [0.717, 1.165) is 5.56 Å². The monoisotopic (exact) mass is 484 g/mol. The summed E-state index contributed by atoms with van der Waals surface area (Å²) in [6.45, 7) is 1.87. The normalized spacial score (nSPS) is 22.9. The minimum absolute atomic E-state index is 0.153. The third kappa shape index (κ3) is 2.82. The van der Waals surface area contributed by atoms with E-state index in [-0.39, 0.29) is 27.9 Å². The lowest BCUT2D eigenvalue weighted by atomic mass is 9.69. The highest BCUT2D eigenvalue weighted by molar-refractivity contribution is 6.35. The van der Waals surface area contributed by atoms with E-state index in [0.29, 0.717) is 34.9 Å². The minimum Gasteiger partial charge on any atom is -0.496 e. The van der Waals surface area contributed by atoms with Gasteiger partial charge in [0, 0.05) is 30.2 Å². The summed E-state index contributed by atoms with van der Waals surface area (Å²) in [5, 5.41) is 16.7. The van der Waals surface area contributed by atoms with Crippen LogP contribution in [-0.2, 0) is 13.5 Å². The number of methoxy groups -OCH3 is 3. The summed E-state index contributed by atoms with van der Waals surface area (Å²) in [4.78, 5) is 14.0. The first-order chi connectivity index (χ1) is 16.3. The average molecular weight is 485 g/mol. The number of carbonyl (C=O) groups is 1. The van der Waals surface area contributed by atoms with Crippen LogP contribution in [0.15, 0.2) is 30.3 Å². The number of aliphatic hydroxyl groups is 1. The molecule has 0 bridgehead atoms. The van der Waals surface area contributed by atoms with Crippen LogP contribution in [0.25, 0.3) is 11.3 Å². The number of aliphatic hydroxyl groups excluding tert-OH is 1. The maximum Gasteiger partial charge on any atom is 0.217 e. The van der Waals surface area contributed by atoms with Crippen molar-refractivity contribution in [3.8, 4) is 34.3 Å². The Labute approximate surface area is 202 Å². The van der Waals surface area contributed by atoms with Crippen LogP contribution in [0.2, 0.25) is 5.02 Å². The average Bonchev–Trinajstić information content (AvgIpc) is 3.33. The zero-order valence-corrected chi connectivity index (χ0v) is 20.3. The number of nitrogens with zero attached hydrogens (tertiary/aromatic N) is 2. The van der Waals surface area contributed by atoms with Crippen molar-refractivity contribution in [3.05, 3.63) is 52.2 Å². The van der Waals surface area contributed by atoms with E-state index in [1.807, 2.05) is 31.2 Å². The number of fused-ring (bicyclic) bond motifs is 2. The second kappa shape index (κ2) is 7.92. The van der Waals surface area contributed by atoms with Gasteiger partial charge in [-0.15, -0.1) is 0 Å². The Kier molecular flexibility index (Phi) is 5.26. The third-order valence-electron chi connectivity index (χ3n) is 6.88. The lowest BCUT2D eigenvalue weighted by Gasteiger charge is -2.40. The number of rotatable bonds is 4. The number of ether oxygens (including phenoxy) is 4. The van der Waals surface area contributed by atoms with Gasteiger partial charge in [-0.25, -0.2) is 0 Å². The molecule has 2 aliphatic rings. The molecule has 9 heteroatoms. The summed E-state index contributed by atoms with van der Waals surface area (Å²) in [6, 6.07) is 9.04. The maximum atomic E-state index is 14.0. The molecule has 178 valence electrons. The predicted molar refractivity (Wildman–Crippen MR) is 125 cm³/mol. The number of Topliss-reactive ketones (excluding diaryl/α,β-unsaturated/α-hetero) is 1. The molecule has 2 aromatic carbocycles. The van der Waals surface area contributed by atoms with Crippen molar-refractivity contribution in [2.24, 2.45) is 13.0 Å². The fraction of sp³-hybridized carbons (Fsp3) is 0.360. The molecule has 0 fully saturated rings. The fourth-order valence-electron chi connectivity index (χ4n) is 5.24. The molecule has 8 nitrogen and oxygen atoms in total. The van der Waals surface area contributed by atoms with E-state index in [1.165, 1.54) is 14.2 Å². The Hall–Kier alpha value is -3.23. The van der Waals surface area contributed by atoms with Crippen molar-refractivity contribution < 1.29 is 28.8 Å². The number of ketones is 1. The van der Waals surface area contributed by atoms with Gasteiger partial charge in [0.25, 0.3) is 0 Å². The van der Waals surface area contributed by atoms with Crippen molar-refractivity contribution in [3.63, 3.8) is 0 Å². The Balaban J connectivity index is 1.72. The standard InChI is InChI=1S/C25H25ClN2O6/c1-12-10-14-18(21(28(2)27-14)13-8-6-7-9-15(13)31-3)23(29)25(12)24(30)19-16(32-4)11-17(33-5)20(26)22(19)34-25/h6-9,11-12,23,29H,10H2,1-5H3/t12-,23+,25+/m1/s1. The van der Waals surface area contributed by atoms with Gasteiger partial charge in [-0.1, -0.05) is 30.7 Å². The molecule has 0 unspecified atom stereocenters. The molecular formula is C25H25ClN2O6. The van der Waals surface area contributed by atoms with E-state index in [4.69, 9.17) is 30.5 Å². The first-order valence-corrected chi connectivity index (χ1v) is 11.2. The zero-order valence-electron chi connectivity index (χ0n) is 19.5. The Morgan fingerprint density at radius 1 is 1.15 bits per heavy atom. The van der Waals surface area contributed by atoms with Crippen molar-refractivity contribution in [2.75, 3.05) is 21.3 Å². The van der Waals surface area contributed by atoms with E-state index in [1.54, 1.807) is 24.9 Å². The number of hydrogen-bond acceptors (Lipinski definition) is 7. The second-order valence-corrected chi connectivity index (χ2v) is 8.94. The van der Waals surface area contributed by atoms with E-state index in [9.17, 15) is 9.90 Å². The number of hydrogen-bond donors (Lipinski definition) is 1. The van der Waals surface area contributed by atoms with Gasteiger partial charge >= 0.3 is 0 Å². The Bertz CT molecular complexity index is 1320. The summed E-state index contributed by atoms with van der Waals surface area (Å²) >= 11 is 6.55. The summed E-state index contributed by atoms with van der Waals surface area (Å²) < 4.78 is 24.4. The smallest absolute Gasteiger partial charge is 0.217 e. The van der Waals surface area contributed by atoms with Gasteiger partial charge in [0.05, 0.1) is 32.7 Å². The molecule has 3 aromatic rings. The van der Waals surface area contributed by atoms with Gasteiger partial charge in [-0.2, -0.15) is 5.10 Å². The number of aromatic nitrogens is 2. The summed E-state index contributed by atoms with van der Waals surface area (Å²) in [6.07, 6.45) is -0.891. The number of para-hydroxylation sites is 1. The Morgan fingerprint density at radius 3 is 2.50 bits per heavy atom. The van der Waals surface area contributed by atoms with Gasteiger partial charge in [-0.3, -0.25) is 9.48 Å². The molecule has 34 heavy (non-hydrogen) atoms. The van der Waals surface area contributed by atoms with E-state index < -0.39 is 17.6 Å². The van der Waals surface area contributed by atoms with Crippen molar-refractivity contribution in [1.82, 2.24) is 9.78 Å². The van der Waals surface area contributed by atoms with Crippen LogP contribution in [0, 0.1) is 5.92 Å². The fourth-order valence-corrected chi connectivity index (χ4v) is 5.51. The molecule has 1 spiro atoms. The molecule has 5 rings (SSSR count). The first-order valence-electron chi connectivity index (χ1n) is 10.9. The Morgan fingerprint density at radius 2 is 1.82 bits per heavy atom. The number of carbonyl (C=O) groups excluding carboxylic acids is 1. The summed E-state index contributed by atoms with van der Waals surface area (Å²) in [5.41, 5.74) is 1.26. The van der Waals surface area contributed by atoms with E-state index >= 15 is 0 Å². The quantitative estimate of drug-likeness (QED) is 0.598. The van der Waals surface area contributed by atoms with Crippen LogP contribution in [0.4, 0.5) is 0 Å². The van der Waals surface area contributed by atoms with Crippen LogP contribution >= 0.6 is 11.6 Å². The van der Waals surface area contributed by atoms with Crippen molar-refractivity contribution >= 4 is 17.4 Å². The van der Waals surface area contributed by atoms with Gasteiger partial charge < -0.3 is 24.1 Å². The molecule has 1 aromatic heterocycles. The highest BCUT2D eigenvalue weighted by atomic mass is 35.5. The molecular weight excluding hydrogens is 460 g/mol. The SMILES string of the molecule is COc1ccccc1-c1c2c(nn1C)C[C@@H](C)[C@]1(Oc3c(Cl)c(OC)cc(OC)c3C1=O)[C@H]2O. The van der Waals surface area contributed by atoms with Crippen molar-refractivity contribution in [1.29, 1.82) is 0 Å². The zero-order chi connectivity index (χ0) is 24.4. The molecule has 0 saturated heterocycles. The van der Waals surface area contributed by atoms with Crippen LogP contribution < -0.4 is 18.9 Å². The van der Waals surface area contributed by atoms with Gasteiger partial charge in [0.2, 0.25) is 11.4 Å². The number of aryl methyl sites for hydroxylation is 1. The summed E-state index contributed by atoms with van der Waals surface area (Å²) in [5.74, 6) is 0.590. The van der Waals surface area contributed by atoms with Crippen LogP contribution in [0.3, 0.4) is 0 Å². The van der Waals surface area contributed by atoms with Gasteiger partial charge in [-0.05, 0) is 18.6 Å². The summed E-state index contributed by atoms with van der Waals surface area (Å²) in [7, 11) is 6.32. The van der Waals surface area contributed by atoms with Gasteiger partial charge in [0.15, 0.2) is 5.75 Å². The highest BCUT2D eigenvalue weighted by Gasteiger charge is 2.62. The molecule has 3 atom stereocenters. The molecule has 1 aliphatic carbocycles. The number of benzene rings is 2. The second-order valence-electron chi connectivity index (χ2n) is 8.56. The molecule has 0 radical (unpaired) electrons. The van der Waals surface area contributed by atoms with Crippen LogP contribution in [-0.4, -0.2) is 47.6 Å². The molecule has 1 aliphatic heterocycles. The largest absolute Gasteiger partial charge is 0.496 e. The van der Waals surface area contributed by atoms with Gasteiger partial charge in [0.1, 0.15) is 33.9 Å². The molecule has 2 heterocycles. The predicted octanol–water partition coefficient (Wildman–Crippen LogP) is 4.01. The number of halogens is 1. The molecule has 1 N–H and O–H groups in total. The van der Waals surface area contributed by atoms with E-state index in [2.05, 4.69) is 5.10 Å². The highest BCUT2D eigenvalue weighted by Crippen LogP contribution is 2.57. The first kappa shape index (κ1) is 22.6. The maximum absolute atomic E-state index is 14.0. The van der Waals surface area contributed by atoms with Crippen molar-refractivity contribution in [2.45, 2.75) is 25.0 Å². The lowest BCUT2D eigenvalue weighted by molar-refractivity contribution is -0.0634.